The minimum Gasteiger partial charge on any atom is -0.507 e. The zero-order chi connectivity index (χ0) is 19.4. The molecule has 0 heterocycles. The Balaban J connectivity index is 2.06. The number of methoxy groups -OCH3 is 2. The first-order chi connectivity index (χ1) is 13.0. The number of nitrogens with zero attached hydrogens (tertiary/aromatic N) is 2. The number of carbonyl (C=O) groups is 2. The van der Waals surface area contributed by atoms with E-state index in [9.17, 15) is 14.7 Å². The fraction of sp³-hybridized carbons (Fsp3) is 0.100. The average Bonchev–Trinajstić information content (AvgIpc) is 2.72. The Hall–Kier alpha value is -3.74. The third-order valence-electron chi connectivity index (χ3n) is 3.91. The van der Waals surface area contributed by atoms with Crippen LogP contribution in [0.1, 0.15) is 20.7 Å². The third kappa shape index (κ3) is 3.77. The van der Waals surface area contributed by atoms with Crippen LogP contribution in [-0.2, 0) is 9.47 Å². The van der Waals surface area contributed by atoms with Crippen LogP contribution in [0.2, 0.25) is 0 Å². The van der Waals surface area contributed by atoms with Crippen molar-refractivity contribution < 1.29 is 24.2 Å². The fourth-order valence-corrected chi connectivity index (χ4v) is 2.61. The quantitative estimate of drug-likeness (QED) is 0.542. The molecule has 0 unspecified atom stereocenters. The van der Waals surface area contributed by atoms with Crippen LogP contribution in [0.15, 0.2) is 64.8 Å². The lowest BCUT2D eigenvalue weighted by Gasteiger charge is -2.05. The van der Waals surface area contributed by atoms with Crippen LogP contribution in [0.25, 0.3) is 10.8 Å². The molecular weight excluding hydrogens is 348 g/mol. The van der Waals surface area contributed by atoms with Gasteiger partial charge in [0.2, 0.25) is 0 Å². The van der Waals surface area contributed by atoms with E-state index in [1.807, 2.05) is 18.2 Å². The lowest BCUT2D eigenvalue weighted by atomic mass is 10.1. The first-order valence-electron chi connectivity index (χ1n) is 7.97. The molecule has 3 rings (SSSR count). The van der Waals surface area contributed by atoms with Crippen LogP contribution in [0.4, 0.5) is 11.4 Å². The summed E-state index contributed by atoms with van der Waals surface area (Å²) in [5.74, 6) is -1.07. The van der Waals surface area contributed by atoms with Crippen molar-refractivity contribution in [1.29, 1.82) is 0 Å². The summed E-state index contributed by atoms with van der Waals surface area (Å²) >= 11 is 0. The van der Waals surface area contributed by atoms with Crippen molar-refractivity contribution in [3.63, 3.8) is 0 Å². The highest BCUT2D eigenvalue weighted by Gasteiger charge is 2.14. The summed E-state index contributed by atoms with van der Waals surface area (Å²) < 4.78 is 9.40. The SMILES string of the molecule is COC(=O)c1cc(N=Nc2ccc(O)c3ccccc23)cc(C(=O)OC)c1. The Morgan fingerprint density at radius 3 is 2.00 bits per heavy atom. The van der Waals surface area contributed by atoms with Crippen LogP contribution >= 0.6 is 0 Å². The van der Waals surface area contributed by atoms with Gasteiger partial charge in [-0.2, -0.15) is 5.11 Å². The number of carbonyl (C=O) groups excluding carboxylic acids is 2. The second kappa shape index (κ2) is 7.65. The predicted molar refractivity (Wildman–Crippen MR) is 98.9 cm³/mol. The summed E-state index contributed by atoms with van der Waals surface area (Å²) in [5, 5.41) is 19.7. The van der Waals surface area contributed by atoms with Crippen LogP contribution in [-0.4, -0.2) is 31.3 Å². The summed E-state index contributed by atoms with van der Waals surface area (Å²) in [5.41, 5.74) is 1.14. The maximum Gasteiger partial charge on any atom is 0.337 e. The molecule has 1 N–H and O–H groups in total. The van der Waals surface area contributed by atoms with Crippen LogP contribution in [0.3, 0.4) is 0 Å². The van der Waals surface area contributed by atoms with E-state index >= 15 is 0 Å². The number of aromatic hydroxyl groups is 1. The molecule has 3 aromatic carbocycles. The minimum atomic E-state index is -0.604. The Morgan fingerprint density at radius 2 is 1.41 bits per heavy atom. The molecule has 0 aliphatic heterocycles. The van der Waals surface area contributed by atoms with Crippen molar-refractivity contribution in [2.75, 3.05) is 14.2 Å². The van der Waals surface area contributed by atoms with Crippen molar-refractivity contribution in [1.82, 2.24) is 0 Å². The molecule has 7 nitrogen and oxygen atoms in total. The maximum atomic E-state index is 11.8. The van der Waals surface area contributed by atoms with Crippen molar-refractivity contribution in [3.05, 3.63) is 65.7 Å². The second-order valence-electron chi connectivity index (χ2n) is 5.60. The highest BCUT2D eigenvalue weighted by atomic mass is 16.5. The van der Waals surface area contributed by atoms with E-state index in [1.165, 1.54) is 38.5 Å². The van der Waals surface area contributed by atoms with E-state index in [-0.39, 0.29) is 22.6 Å². The van der Waals surface area contributed by atoms with Crippen LogP contribution in [0, 0.1) is 0 Å². The van der Waals surface area contributed by atoms with Gasteiger partial charge in [-0.1, -0.05) is 24.3 Å². The van der Waals surface area contributed by atoms with Gasteiger partial charge in [-0.3, -0.25) is 0 Å². The van der Waals surface area contributed by atoms with Gasteiger partial charge in [0.1, 0.15) is 5.75 Å². The Kier molecular flexibility index (Phi) is 5.12. The summed E-state index contributed by atoms with van der Waals surface area (Å²) in [4.78, 5) is 23.7. The number of benzene rings is 3. The standard InChI is InChI=1S/C20H16N2O5/c1-26-19(24)12-9-13(20(25)27-2)11-14(10-12)21-22-17-7-8-18(23)16-6-4-3-5-15(16)17/h3-11,23H,1-2H3. The number of azo groups is 1. The molecule has 3 aromatic rings. The molecule has 136 valence electrons. The lowest BCUT2D eigenvalue weighted by molar-refractivity contribution is 0.0599. The number of rotatable bonds is 4. The molecule has 0 aromatic heterocycles. The predicted octanol–water partition coefficient (Wildman–Crippen LogP) is 4.53. The van der Waals surface area contributed by atoms with Crippen LogP contribution < -0.4 is 0 Å². The monoisotopic (exact) mass is 364 g/mol. The van der Waals surface area contributed by atoms with E-state index < -0.39 is 11.9 Å². The highest BCUT2D eigenvalue weighted by Crippen LogP contribution is 2.33. The molecule has 0 atom stereocenters. The van der Waals surface area contributed by atoms with Crippen molar-refractivity contribution in [2.24, 2.45) is 10.2 Å². The van der Waals surface area contributed by atoms with Gasteiger partial charge in [0.15, 0.2) is 0 Å². The van der Waals surface area contributed by atoms with Gasteiger partial charge in [-0.15, -0.1) is 5.11 Å². The zero-order valence-corrected chi connectivity index (χ0v) is 14.7. The minimum absolute atomic E-state index is 0.144. The summed E-state index contributed by atoms with van der Waals surface area (Å²) in [6.07, 6.45) is 0. The normalized spacial score (nSPS) is 10.9. The largest absolute Gasteiger partial charge is 0.507 e. The highest BCUT2D eigenvalue weighted by molar-refractivity contribution is 5.97. The van der Waals surface area contributed by atoms with Gasteiger partial charge in [0.25, 0.3) is 0 Å². The van der Waals surface area contributed by atoms with E-state index in [0.717, 1.165) is 5.39 Å². The molecule has 0 saturated carbocycles. The Labute approximate surface area is 154 Å². The Morgan fingerprint density at radius 1 is 0.815 bits per heavy atom. The number of esters is 2. The zero-order valence-electron chi connectivity index (χ0n) is 14.7. The van der Waals surface area contributed by atoms with Gasteiger partial charge < -0.3 is 14.6 Å². The van der Waals surface area contributed by atoms with E-state index in [2.05, 4.69) is 10.2 Å². The second-order valence-corrected chi connectivity index (χ2v) is 5.60. The van der Waals surface area contributed by atoms with Gasteiger partial charge in [0.05, 0.1) is 36.7 Å². The number of hydrogen-bond acceptors (Lipinski definition) is 7. The molecule has 0 radical (unpaired) electrons. The molecule has 27 heavy (non-hydrogen) atoms. The van der Waals surface area contributed by atoms with Gasteiger partial charge in [-0.25, -0.2) is 9.59 Å². The molecule has 0 saturated heterocycles. The molecule has 0 aliphatic carbocycles. The van der Waals surface area contributed by atoms with Crippen LogP contribution in [0.5, 0.6) is 5.75 Å². The Bertz CT molecular complexity index is 1030. The maximum absolute atomic E-state index is 11.8. The first kappa shape index (κ1) is 18.1. The molecular formula is C20H16N2O5. The van der Waals surface area contributed by atoms with Crippen molar-refractivity contribution >= 4 is 34.1 Å². The molecule has 0 fully saturated rings. The molecule has 0 amide bonds. The van der Waals surface area contributed by atoms with Gasteiger partial charge in [0, 0.05) is 10.8 Å². The van der Waals surface area contributed by atoms with E-state index in [4.69, 9.17) is 9.47 Å². The van der Waals surface area contributed by atoms with E-state index in [0.29, 0.717) is 11.1 Å². The van der Waals surface area contributed by atoms with Crippen molar-refractivity contribution in [2.45, 2.75) is 0 Å². The number of ether oxygens (including phenoxy) is 2. The topological polar surface area (TPSA) is 97.5 Å². The van der Waals surface area contributed by atoms with Gasteiger partial charge >= 0.3 is 11.9 Å². The smallest absolute Gasteiger partial charge is 0.337 e. The fourth-order valence-electron chi connectivity index (χ4n) is 2.61. The van der Waals surface area contributed by atoms with E-state index in [1.54, 1.807) is 12.1 Å². The molecule has 0 spiro atoms. The summed E-state index contributed by atoms with van der Waals surface area (Å²) in [6.45, 7) is 0. The number of fused-ring (bicyclic) bond motifs is 1. The molecule has 7 heteroatoms. The number of hydrogen-bond donors (Lipinski definition) is 1. The number of phenolic OH excluding ortho intramolecular Hbond substituents is 1. The van der Waals surface area contributed by atoms with Crippen molar-refractivity contribution in [3.8, 4) is 5.75 Å². The first-order valence-corrected chi connectivity index (χ1v) is 7.97. The average molecular weight is 364 g/mol. The molecule has 0 aliphatic rings. The lowest BCUT2D eigenvalue weighted by Crippen LogP contribution is -2.06. The summed E-state index contributed by atoms with van der Waals surface area (Å²) in [7, 11) is 2.49. The number of phenols is 1. The van der Waals surface area contributed by atoms with Gasteiger partial charge in [-0.05, 0) is 30.3 Å². The summed E-state index contributed by atoms with van der Waals surface area (Å²) in [6, 6.07) is 14.7. The third-order valence-corrected chi connectivity index (χ3v) is 3.91. The molecule has 0 bridgehead atoms.